The number of rotatable bonds is 3. The van der Waals surface area contributed by atoms with Crippen LogP contribution in [0.1, 0.15) is 23.1 Å². The average molecular weight is 190 g/mol. The van der Waals surface area contributed by atoms with Crippen molar-refractivity contribution in [3.8, 4) is 0 Å². The maximum absolute atomic E-state index is 10.7. The van der Waals surface area contributed by atoms with E-state index in [4.69, 9.17) is 5.73 Å². The molecule has 1 heterocycles. The van der Waals surface area contributed by atoms with E-state index in [9.17, 15) is 4.79 Å². The lowest BCUT2D eigenvalue weighted by Crippen LogP contribution is -2.12. The Morgan fingerprint density at radius 2 is 2.29 bits per heavy atom. The molecule has 0 spiro atoms. The van der Waals surface area contributed by atoms with Crippen molar-refractivity contribution >= 4 is 5.91 Å². The van der Waals surface area contributed by atoms with E-state index in [1.807, 2.05) is 6.07 Å². The zero-order valence-electron chi connectivity index (χ0n) is 8.05. The summed E-state index contributed by atoms with van der Waals surface area (Å²) in [5, 5.41) is 3.30. The Morgan fingerprint density at radius 3 is 3.07 bits per heavy atom. The Labute approximate surface area is 83.3 Å². The van der Waals surface area contributed by atoms with Crippen LogP contribution in [0.15, 0.2) is 18.2 Å². The molecular formula is C11H14N2O. The first-order chi connectivity index (χ1) is 6.77. The number of carbonyl (C=O) groups excluding carboxylic acids is 1. The minimum absolute atomic E-state index is 0.228. The predicted molar refractivity (Wildman–Crippen MR) is 54.5 cm³/mol. The van der Waals surface area contributed by atoms with E-state index in [0.717, 1.165) is 19.5 Å². The van der Waals surface area contributed by atoms with Crippen LogP contribution in [0.3, 0.4) is 0 Å². The van der Waals surface area contributed by atoms with Crippen molar-refractivity contribution in [2.45, 2.75) is 25.9 Å². The lowest BCUT2D eigenvalue weighted by molar-refractivity contribution is -0.117. The van der Waals surface area contributed by atoms with E-state index >= 15 is 0 Å². The molecule has 1 aliphatic rings. The van der Waals surface area contributed by atoms with Gasteiger partial charge in [0.1, 0.15) is 0 Å². The van der Waals surface area contributed by atoms with E-state index in [1.54, 1.807) is 0 Å². The van der Waals surface area contributed by atoms with Gasteiger partial charge in [-0.15, -0.1) is 0 Å². The highest BCUT2D eigenvalue weighted by atomic mass is 16.1. The fourth-order valence-corrected chi connectivity index (χ4v) is 1.89. The molecule has 0 aliphatic carbocycles. The van der Waals surface area contributed by atoms with Crippen LogP contribution in [0, 0.1) is 0 Å². The number of benzene rings is 1. The minimum atomic E-state index is -0.228. The molecule has 2 rings (SSSR count). The molecule has 0 bridgehead atoms. The largest absolute Gasteiger partial charge is 0.370 e. The number of nitrogens with one attached hydrogen (secondary N) is 1. The van der Waals surface area contributed by atoms with Gasteiger partial charge in [0.2, 0.25) is 5.91 Å². The number of amides is 1. The number of fused-ring (bicyclic) bond motifs is 1. The van der Waals surface area contributed by atoms with Gasteiger partial charge in [-0.25, -0.2) is 0 Å². The summed E-state index contributed by atoms with van der Waals surface area (Å²) < 4.78 is 0. The van der Waals surface area contributed by atoms with Crippen LogP contribution < -0.4 is 11.1 Å². The lowest BCUT2D eigenvalue weighted by Gasteiger charge is -2.05. The van der Waals surface area contributed by atoms with Crippen LogP contribution in [-0.2, 0) is 24.3 Å². The molecule has 0 saturated carbocycles. The smallest absolute Gasteiger partial charge is 0.217 e. The summed E-state index contributed by atoms with van der Waals surface area (Å²) in [5.41, 5.74) is 9.10. The molecule has 0 saturated heterocycles. The predicted octanol–water partition coefficient (Wildman–Crippen LogP) is 0.708. The summed E-state index contributed by atoms with van der Waals surface area (Å²) in [6.45, 7) is 1.87. The maximum atomic E-state index is 10.7. The molecular weight excluding hydrogens is 176 g/mol. The molecule has 0 aromatic heterocycles. The average Bonchev–Trinajstić information content (AvgIpc) is 2.62. The molecule has 1 amide bonds. The molecule has 0 fully saturated rings. The molecule has 3 heteroatoms. The molecule has 74 valence electrons. The second-order valence-electron chi connectivity index (χ2n) is 3.62. The van der Waals surface area contributed by atoms with Crippen LogP contribution in [-0.4, -0.2) is 5.91 Å². The van der Waals surface area contributed by atoms with Crippen molar-refractivity contribution in [2.24, 2.45) is 5.73 Å². The molecule has 0 unspecified atom stereocenters. The van der Waals surface area contributed by atoms with Crippen molar-refractivity contribution < 1.29 is 4.79 Å². The first-order valence-corrected chi connectivity index (χ1v) is 4.86. The maximum Gasteiger partial charge on any atom is 0.217 e. The Hall–Kier alpha value is -1.35. The summed E-state index contributed by atoms with van der Waals surface area (Å²) >= 11 is 0. The van der Waals surface area contributed by atoms with Gasteiger partial charge in [-0.05, 0) is 23.1 Å². The second-order valence-corrected chi connectivity index (χ2v) is 3.62. The van der Waals surface area contributed by atoms with Gasteiger partial charge in [-0.1, -0.05) is 18.2 Å². The van der Waals surface area contributed by atoms with Crippen LogP contribution in [0.2, 0.25) is 0 Å². The summed E-state index contributed by atoms with van der Waals surface area (Å²) in [6.07, 6.45) is 1.21. The Kier molecular flexibility index (Phi) is 2.50. The SMILES string of the molecule is NC(=O)CCc1cccc2c1CNC2. The third kappa shape index (κ3) is 1.77. The Balaban J connectivity index is 2.17. The van der Waals surface area contributed by atoms with Crippen LogP contribution in [0.4, 0.5) is 0 Å². The highest BCUT2D eigenvalue weighted by molar-refractivity contribution is 5.74. The number of hydrogen-bond acceptors (Lipinski definition) is 2. The van der Waals surface area contributed by atoms with E-state index in [2.05, 4.69) is 17.4 Å². The normalized spacial score (nSPS) is 14.0. The zero-order valence-corrected chi connectivity index (χ0v) is 8.05. The summed E-state index contributed by atoms with van der Waals surface area (Å²) in [6, 6.07) is 6.25. The van der Waals surface area contributed by atoms with Gasteiger partial charge in [-0.3, -0.25) is 4.79 Å². The van der Waals surface area contributed by atoms with Gasteiger partial charge in [0.15, 0.2) is 0 Å². The van der Waals surface area contributed by atoms with Gasteiger partial charge in [0.25, 0.3) is 0 Å². The van der Waals surface area contributed by atoms with E-state index in [0.29, 0.717) is 6.42 Å². The summed E-state index contributed by atoms with van der Waals surface area (Å²) in [4.78, 5) is 10.7. The van der Waals surface area contributed by atoms with E-state index in [-0.39, 0.29) is 5.91 Å². The van der Waals surface area contributed by atoms with Gasteiger partial charge in [-0.2, -0.15) is 0 Å². The number of nitrogens with two attached hydrogens (primary N) is 1. The Morgan fingerprint density at radius 1 is 1.43 bits per heavy atom. The first-order valence-electron chi connectivity index (χ1n) is 4.86. The number of aryl methyl sites for hydroxylation is 1. The van der Waals surface area contributed by atoms with Crippen LogP contribution in [0.25, 0.3) is 0 Å². The van der Waals surface area contributed by atoms with Crippen LogP contribution >= 0.6 is 0 Å². The first kappa shape index (κ1) is 9.21. The molecule has 1 aromatic rings. The van der Waals surface area contributed by atoms with Crippen molar-refractivity contribution in [3.63, 3.8) is 0 Å². The van der Waals surface area contributed by atoms with Gasteiger partial charge >= 0.3 is 0 Å². The monoisotopic (exact) mass is 190 g/mol. The van der Waals surface area contributed by atoms with Gasteiger partial charge in [0.05, 0.1) is 0 Å². The van der Waals surface area contributed by atoms with Crippen molar-refractivity contribution in [2.75, 3.05) is 0 Å². The summed E-state index contributed by atoms with van der Waals surface area (Å²) in [7, 11) is 0. The second kappa shape index (κ2) is 3.80. The quantitative estimate of drug-likeness (QED) is 0.737. The van der Waals surface area contributed by atoms with E-state index in [1.165, 1.54) is 16.7 Å². The fourth-order valence-electron chi connectivity index (χ4n) is 1.89. The molecule has 3 N–H and O–H groups in total. The molecule has 3 nitrogen and oxygen atoms in total. The topological polar surface area (TPSA) is 55.1 Å². The fraction of sp³-hybridized carbons (Fsp3) is 0.364. The number of hydrogen-bond donors (Lipinski definition) is 2. The lowest BCUT2D eigenvalue weighted by atomic mass is 10.00. The molecule has 1 aliphatic heterocycles. The van der Waals surface area contributed by atoms with Crippen molar-refractivity contribution in [1.29, 1.82) is 0 Å². The highest BCUT2D eigenvalue weighted by Gasteiger charge is 2.13. The van der Waals surface area contributed by atoms with Gasteiger partial charge in [0, 0.05) is 19.5 Å². The minimum Gasteiger partial charge on any atom is -0.370 e. The zero-order chi connectivity index (χ0) is 9.97. The third-order valence-electron chi connectivity index (χ3n) is 2.63. The number of carbonyl (C=O) groups is 1. The van der Waals surface area contributed by atoms with Crippen molar-refractivity contribution in [3.05, 3.63) is 34.9 Å². The van der Waals surface area contributed by atoms with Gasteiger partial charge < -0.3 is 11.1 Å². The number of primary amides is 1. The summed E-state index contributed by atoms with van der Waals surface area (Å²) in [5.74, 6) is -0.228. The van der Waals surface area contributed by atoms with Crippen molar-refractivity contribution in [1.82, 2.24) is 5.32 Å². The molecule has 0 radical (unpaired) electrons. The highest BCUT2D eigenvalue weighted by Crippen LogP contribution is 2.20. The van der Waals surface area contributed by atoms with Crippen LogP contribution in [0.5, 0.6) is 0 Å². The molecule has 0 atom stereocenters. The third-order valence-corrected chi connectivity index (χ3v) is 2.63. The molecule has 14 heavy (non-hydrogen) atoms. The standard InChI is InChI=1S/C11H14N2O/c12-11(14)5-4-8-2-1-3-9-6-13-7-10(8)9/h1-3,13H,4-7H2,(H2,12,14). The van der Waals surface area contributed by atoms with E-state index < -0.39 is 0 Å². The Bertz CT molecular complexity index is 360. The molecule has 1 aromatic carbocycles.